The monoisotopic (exact) mass is 294 g/mol. The maximum atomic E-state index is 10.6. The van der Waals surface area contributed by atoms with Crippen molar-refractivity contribution < 1.29 is 9.90 Å². The van der Waals surface area contributed by atoms with Gasteiger partial charge in [-0.3, -0.25) is 14.4 Å². The van der Waals surface area contributed by atoms with E-state index in [0.29, 0.717) is 12.6 Å². The molecule has 0 radical (unpaired) electrons. The highest BCUT2D eigenvalue weighted by molar-refractivity contribution is 5.66. The summed E-state index contributed by atoms with van der Waals surface area (Å²) in [4.78, 5) is 15.3. The maximum Gasteiger partial charge on any atom is 0.304 e. The Morgan fingerprint density at radius 1 is 1.29 bits per heavy atom. The second-order valence-electron chi connectivity index (χ2n) is 5.91. The average Bonchev–Trinajstić information content (AvgIpc) is 2.70. The fourth-order valence-corrected chi connectivity index (χ4v) is 3.21. The van der Waals surface area contributed by atoms with Crippen LogP contribution in [0.1, 0.15) is 36.3 Å². The summed E-state index contributed by atoms with van der Waals surface area (Å²) in [6.07, 6.45) is 0.233. The molecule has 0 amide bonds. The van der Waals surface area contributed by atoms with Gasteiger partial charge in [-0.1, -0.05) is 0 Å². The van der Waals surface area contributed by atoms with Crippen LogP contribution in [-0.2, 0) is 11.8 Å². The van der Waals surface area contributed by atoms with Gasteiger partial charge in [0.05, 0.1) is 12.1 Å². The molecule has 1 aromatic heterocycles. The van der Waals surface area contributed by atoms with Gasteiger partial charge >= 0.3 is 5.97 Å². The van der Waals surface area contributed by atoms with Gasteiger partial charge in [0.1, 0.15) is 0 Å². The summed E-state index contributed by atoms with van der Waals surface area (Å²) < 4.78 is 1.95. The number of aryl methyl sites for hydroxylation is 2. The highest BCUT2D eigenvalue weighted by Crippen LogP contribution is 2.26. The first-order chi connectivity index (χ1) is 9.90. The van der Waals surface area contributed by atoms with Gasteiger partial charge in [-0.25, -0.2) is 0 Å². The summed E-state index contributed by atoms with van der Waals surface area (Å²) in [5.41, 5.74) is 3.67. The third-order valence-electron chi connectivity index (χ3n) is 4.58. The first-order valence-electron chi connectivity index (χ1n) is 7.58. The van der Waals surface area contributed by atoms with Gasteiger partial charge in [0, 0.05) is 57.1 Å². The smallest absolute Gasteiger partial charge is 0.304 e. The molecule has 0 bridgehead atoms. The van der Waals surface area contributed by atoms with Crippen LogP contribution in [0.25, 0.3) is 0 Å². The van der Waals surface area contributed by atoms with Gasteiger partial charge in [-0.2, -0.15) is 5.10 Å². The lowest BCUT2D eigenvalue weighted by atomic mass is 10.0. The SMILES string of the molecule is Cc1nn(C)c(C)c1C(C)N1CCN(CCC(=O)O)CC1. The van der Waals surface area contributed by atoms with E-state index in [2.05, 4.69) is 35.7 Å². The minimum absolute atomic E-state index is 0.233. The Balaban J connectivity index is 1.94. The van der Waals surface area contributed by atoms with Crippen LogP contribution >= 0.6 is 0 Å². The van der Waals surface area contributed by atoms with Crippen LogP contribution in [0.3, 0.4) is 0 Å². The van der Waals surface area contributed by atoms with Crippen LogP contribution in [0, 0.1) is 13.8 Å². The van der Waals surface area contributed by atoms with Crippen LogP contribution in [0.5, 0.6) is 0 Å². The Kier molecular flexibility index (Phi) is 5.00. The molecule has 0 aliphatic carbocycles. The minimum Gasteiger partial charge on any atom is -0.481 e. The van der Waals surface area contributed by atoms with Crippen molar-refractivity contribution in [2.75, 3.05) is 32.7 Å². The Morgan fingerprint density at radius 3 is 2.38 bits per heavy atom. The van der Waals surface area contributed by atoms with E-state index in [1.807, 2.05) is 11.7 Å². The number of nitrogens with zero attached hydrogens (tertiary/aromatic N) is 4. The summed E-state index contributed by atoms with van der Waals surface area (Å²) in [5, 5.41) is 13.3. The molecule has 6 nitrogen and oxygen atoms in total. The van der Waals surface area contributed by atoms with E-state index >= 15 is 0 Å². The van der Waals surface area contributed by atoms with Crippen molar-refractivity contribution in [3.8, 4) is 0 Å². The zero-order valence-corrected chi connectivity index (χ0v) is 13.5. The largest absolute Gasteiger partial charge is 0.481 e. The molecular weight excluding hydrogens is 268 g/mol. The van der Waals surface area contributed by atoms with Crippen molar-refractivity contribution in [2.24, 2.45) is 7.05 Å². The minimum atomic E-state index is -0.715. The number of carboxylic acids is 1. The topological polar surface area (TPSA) is 61.6 Å². The van der Waals surface area contributed by atoms with Crippen LogP contribution in [0.4, 0.5) is 0 Å². The Morgan fingerprint density at radius 2 is 1.90 bits per heavy atom. The summed E-state index contributed by atoms with van der Waals surface area (Å²) in [6.45, 7) is 10.9. The van der Waals surface area contributed by atoms with Gasteiger partial charge in [0.2, 0.25) is 0 Å². The van der Waals surface area contributed by atoms with E-state index in [4.69, 9.17) is 5.11 Å². The summed E-state index contributed by atoms with van der Waals surface area (Å²) in [6, 6.07) is 0.361. The fraction of sp³-hybridized carbons (Fsp3) is 0.733. The Labute approximate surface area is 126 Å². The van der Waals surface area contributed by atoms with Crippen LogP contribution in [0.2, 0.25) is 0 Å². The fourth-order valence-electron chi connectivity index (χ4n) is 3.21. The van der Waals surface area contributed by atoms with Gasteiger partial charge in [0.15, 0.2) is 0 Å². The molecule has 0 saturated carbocycles. The lowest BCUT2D eigenvalue weighted by molar-refractivity contribution is -0.137. The second kappa shape index (κ2) is 6.58. The third kappa shape index (κ3) is 3.63. The molecule has 1 unspecified atom stereocenters. The quantitative estimate of drug-likeness (QED) is 0.884. The Bertz CT molecular complexity index is 504. The summed E-state index contributed by atoms with van der Waals surface area (Å²) in [7, 11) is 1.99. The number of carbonyl (C=O) groups is 1. The van der Waals surface area contributed by atoms with Crippen molar-refractivity contribution in [3.05, 3.63) is 17.0 Å². The molecule has 118 valence electrons. The second-order valence-corrected chi connectivity index (χ2v) is 5.91. The molecule has 1 aromatic rings. The van der Waals surface area contributed by atoms with Crippen molar-refractivity contribution >= 4 is 5.97 Å². The van der Waals surface area contributed by atoms with E-state index in [0.717, 1.165) is 31.9 Å². The molecule has 1 saturated heterocycles. The van der Waals surface area contributed by atoms with E-state index in [9.17, 15) is 4.79 Å². The molecule has 1 aliphatic rings. The number of hydrogen-bond donors (Lipinski definition) is 1. The number of aliphatic carboxylic acids is 1. The summed E-state index contributed by atoms with van der Waals surface area (Å²) >= 11 is 0. The lowest BCUT2D eigenvalue weighted by Gasteiger charge is -2.38. The standard InChI is InChI=1S/C15H26N4O2/c1-11-15(12(2)17(4)16-11)13(3)19-9-7-18(8-10-19)6-5-14(20)21/h13H,5-10H2,1-4H3,(H,20,21). The third-order valence-corrected chi connectivity index (χ3v) is 4.58. The van der Waals surface area contributed by atoms with Crippen LogP contribution < -0.4 is 0 Å². The first-order valence-corrected chi connectivity index (χ1v) is 7.58. The van der Waals surface area contributed by atoms with Gasteiger partial charge in [-0.05, 0) is 20.8 Å². The lowest BCUT2D eigenvalue weighted by Crippen LogP contribution is -2.47. The molecule has 2 rings (SSSR count). The molecule has 1 N–H and O–H groups in total. The maximum absolute atomic E-state index is 10.6. The normalized spacial score (nSPS) is 18.9. The van der Waals surface area contributed by atoms with E-state index in [-0.39, 0.29) is 6.42 Å². The molecular formula is C15H26N4O2. The van der Waals surface area contributed by atoms with Crippen LogP contribution in [-0.4, -0.2) is 63.4 Å². The zero-order valence-electron chi connectivity index (χ0n) is 13.5. The molecule has 0 aromatic carbocycles. The number of aromatic nitrogens is 2. The summed E-state index contributed by atoms with van der Waals surface area (Å²) in [5.74, 6) is -0.715. The number of piperazine rings is 1. The number of hydrogen-bond acceptors (Lipinski definition) is 4. The Hall–Kier alpha value is -1.40. The predicted molar refractivity (Wildman–Crippen MR) is 81.4 cm³/mol. The molecule has 1 aliphatic heterocycles. The predicted octanol–water partition coefficient (Wildman–Crippen LogP) is 1.19. The van der Waals surface area contributed by atoms with Gasteiger partial charge < -0.3 is 10.0 Å². The van der Waals surface area contributed by atoms with Gasteiger partial charge in [0.25, 0.3) is 0 Å². The number of rotatable bonds is 5. The van der Waals surface area contributed by atoms with Crippen molar-refractivity contribution in [3.63, 3.8) is 0 Å². The van der Waals surface area contributed by atoms with Crippen LogP contribution in [0.15, 0.2) is 0 Å². The van der Waals surface area contributed by atoms with E-state index in [1.54, 1.807) is 0 Å². The molecule has 1 fully saturated rings. The van der Waals surface area contributed by atoms with Gasteiger partial charge in [-0.15, -0.1) is 0 Å². The molecule has 2 heterocycles. The molecule has 1 atom stereocenters. The van der Waals surface area contributed by atoms with E-state index < -0.39 is 5.97 Å². The highest BCUT2D eigenvalue weighted by Gasteiger charge is 2.25. The molecule has 21 heavy (non-hydrogen) atoms. The zero-order chi connectivity index (χ0) is 15.6. The van der Waals surface area contributed by atoms with Crippen molar-refractivity contribution in [1.29, 1.82) is 0 Å². The van der Waals surface area contributed by atoms with Crippen molar-refractivity contribution in [1.82, 2.24) is 19.6 Å². The van der Waals surface area contributed by atoms with E-state index in [1.165, 1.54) is 11.3 Å². The first kappa shape index (κ1) is 16.0. The highest BCUT2D eigenvalue weighted by atomic mass is 16.4. The molecule has 6 heteroatoms. The van der Waals surface area contributed by atoms with Crippen molar-refractivity contribution in [2.45, 2.75) is 33.2 Å². The average molecular weight is 294 g/mol. The number of carboxylic acid groups (broad SMARTS) is 1. The molecule has 0 spiro atoms.